The van der Waals surface area contributed by atoms with Crippen molar-refractivity contribution in [3.05, 3.63) is 64.2 Å². The van der Waals surface area contributed by atoms with Gasteiger partial charge < -0.3 is 16.0 Å². The Morgan fingerprint density at radius 3 is 2.46 bits per heavy atom. The third-order valence-electron chi connectivity index (χ3n) is 4.69. The zero-order chi connectivity index (χ0) is 20.6. The van der Waals surface area contributed by atoms with Gasteiger partial charge in [-0.25, -0.2) is 4.79 Å². The van der Waals surface area contributed by atoms with Crippen LogP contribution in [0.15, 0.2) is 42.5 Å². The second-order valence-corrected chi connectivity index (χ2v) is 6.98. The second-order valence-electron chi connectivity index (χ2n) is 6.54. The Labute approximate surface area is 164 Å². The molecule has 3 N–H and O–H groups in total. The summed E-state index contributed by atoms with van der Waals surface area (Å²) in [4.78, 5) is 25.7. The first-order valence-electron chi connectivity index (χ1n) is 8.42. The third-order valence-corrected chi connectivity index (χ3v) is 4.93. The number of fused-ring (bicyclic) bond motifs is 1. The summed E-state index contributed by atoms with van der Waals surface area (Å²) in [5.41, 5.74) is 6.22. The number of halogens is 4. The standard InChI is InChI=1S/C19H17ClF3N3O2/c1-10(11-2-5-13(6-3-11)19(21,22)23)26-16-9-14(20)7-4-12(16)8-15(17(26)27)25-18(24)28/h2-7,9-10,15H,8H2,1H3,(H3,24,25,28)/t10-,15+/m0/s1. The van der Waals surface area contributed by atoms with Crippen molar-refractivity contribution in [1.29, 1.82) is 0 Å². The molecule has 3 rings (SSSR count). The lowest BCUT2D eigenvalue weighted by molar-refractivity contribution is -0.137. The van der Waals surface area contributed by atoms with Gasteiger partial charge >= 0.3 is 12.2 Å². The minimum Gasteiger partial charge on any atom is -0.352 e. The second kappa shape index (κ2) is 7.35. The van der Waals surface area contributed by atoms with Crippen molar-refractivity contribution in [3.8, 4) is 0 Å². The molecule has 2 aromatic rings. The van der Waals surface area contributed by atoms with Crippen LogP contribution in [0.2, 0.25) is 5.02 Å². The Bertz CT molecular complexity index is 916. The molecule has 9 heteroatoms. The number of nitrogens with two attached hydrogens (primary N) is 1. The SMILES string of the molecule is C[C@@H](c1ccc(C(F)(F)F)cc1)N1C(=O)[C@H](NC(N)=O)Cc2ccc(Cl)cc21. The Balaban J connectivity index is 2.01. The molecule has 0 unspecified atom stereocenters. The molecule has 2 aromatic carbocycles. The van der Waals surface area contributed by atoms with Crippen LogP contribution < -0.4 is 16.0 Å². The molecule has 1 heterocycles. The van der Waals surface area contributed by atoms with E-state index in [1.54, 1.807) is 25.1 Å². The predicted molar refractivity (Wildman–Crippen MR) is 99.0 cm³/mol. The van der Waals surface area contributed by atoms with Crippen molar-refractivity contribution < 1.29 is 22.8 Å². The summed E-state index contributed by atoms with van der Waals surface area (Å²) in [5.74, 6) is -0.416. The number of primary amides is 1. The maximum atomic E-state index is 13.0. The van der Waals surface area contributed by atoms with Gasteiger partial charge in [-0.05, 0) is 42.3 Å². The van der Waals surface area contributed by atoms with Crippen LogP contribution >= 0.6 is 11.6 Å². The summed E-state index contributed by atoms with van der Waals surface area (Å²) < 4.78 is 38.5. The van der Waals surface area contributed by atoms with Gasteiger partial charge in [0, 0.05) is 17.1 Å². The fourth-order valence-electron chi connectivity index (χ4n) is 3.31. The van der Waals surface area contributed by atoms with E-state index >= 15 is 0 Å². The molecule has 148 valence electrons. The average Bonchev–Trinajstić information content (AvgIpc) is 2.61. The monoisotopic (exact) mass is 411 g/mol. The highest BCUT2D eigenvalue weighted by Gasteiger charge is 2.37. The minimum atomic E-state index is -4.45. The van der Waals surface area contributed by atoms with Gasteiger partial charge in [-0.3, -0.25) is 4.79 Å². The van der Waals surface area contributed by atoms with E-state index in [1.165, 1.54) is 17.0 Å². The number of anilines is 1. The maximum Gasteiger partial charge on any atom is 0.416 e. The molecule has 2 atom stereocenters. The van der Waals surface area contributed by atoms with Crippen LogP contribution in [-0.4, -0.2) is 18.0 Å². The molecular formula is C19H17ClF3N3O2. The molecule has 1 aliphatic heterocycles. The molecule has 3 amide bonds. The number of hydrogen-bond acceptors (Lipinski definition) is 2. The fraction of sp³-hybridized carbons (Fsp3) is 0.263. The van der Waals surface area contributed by atoms with Crippen molar-refractivity contribution in [3.63, 3.8) is 0 Å². The number of carbonyl (C=O) groups is 2. The molecular weight excluding hydrogens is 395 g/mol. The number of urea groups is 1. The van der Waals surface area contributed by atoms with E-state index in [4.69, 9.17) is 17.3 Å². The molecule has 0 spiro atoms. The lowest BCUT2D eigenvalue weighted by Gasteiger charge is -2.38. The number of alkyl halides is 3. The molecule has 28 heavy (non-hydrogen) atoms. The van der Waals surface area contributed by atoms with Gasteiger partial charge in [0.05, 0.1) is 11.6 Å². The van der Waals surface area contributed by atoms with Crippen LogP contribution in [0.25, 0.3) is 0 Å². The van der Waals surface area contributed by atoms with Gasteiger partial charge in [0.25, 0.3) is 5.91 Å². The van der Waals surface area contributed by atoms with Crippen molar-refractivity contribution >= 4 is 29.2 Å². The summed E-state index contributed by atoms with van der Waals surface area (Å²) in [7, 11) is 0. The van der Waals surface area contributed by atoms with Crippen molar-refractivity contribution in [2.45, 2.75) is 31.6 Å². The van der Waals surface area contributed by atoms with E-state index < -0.39 is 35.8 Å². The Hall–Kier alpha value is -2.74. The lowest BCUT2D eigenvalue weighted by Crippen LogP contribution is -2.54. The number of nitrogens with zero attached hydrogens (tertiary/aromatic N) is 1. The molecule has 1 aliphatic rings. The number of carbonyl (C=O) groups excluding carboxylic acids is 2. The molecule has 0 bridgehead atoms. The van der Waals surface area contributed by atoms with Crippen LogP contribution in [0.4, 0.5) is 23.7 Å². The van der Waals surface area contributed by atoms with Gasteiger partial charge in [-0.15, -0.1) is 0 Å². The number of hydrogen-bond donors (Lipinski definition) is 2. The first-order chi connectivity index (χ1) is 13.1. The third kappa shape index (κ3) is 3.91. The Morgan fingerprint density at radius 1 is 1.25 bits per heavy atom. The van der Waals surface area contributed by atoms with Gasteiger partial charge in [0.1, 0.15) is 6.04 Å². The molecule has 5 nitrogen and oxygen atoms in total. The summed E-state index contributed by atoms with van der Waals surface area (Å²) in [6, 6.07) is 7.33. The first kappa shape index (κ1) is 20.0. The van der Waals surface area contributed by atoms with Gasteiger partial charge in [-0.2, -0.15) is 13.2 Å². The van der Waals surface area contributed by atoms with E-state index in [0.29, 0.717) is 16.3 Å². The number of benzene rings is 2. The van der Waals surface area contributed by atoms with E-state index in [9.17, 15) is 22.8 Å². The van der Waals surface area contributed by atoms with Gasteiger partial charge in [0.2, 0.25) is 0 Å². The predicted octanol–water partition coefficient (Wildman–Crippen LogP) is 4.05. The Morgan fingerprint density at radius 2 is 1.89 bits per heavy atom. The molecule has 0 saturated heterocycles. The van der Waals surface area contributed by atoms with Gasteiger partial charge in [0.15, 0.2) is 0 Å². The van der Waals surface area contributed by atoms with E-state index in [2.05, 4.69) is 5.32 Å². The zero-order valence-corrected chi connectivity index (χ0v) is 15.5. The first-order valence-corrected chi connectivity index (χ1v) is 8.80. The highest BCUT2D eigenvalue weighted by Crippen LogP contribution is 2.37. The van der Waals surface area contributed by atoms with Crippen LogP contribution in [0.5, 0.6) is 0 Å². The number of amides is 3. The smallest absolute Gasteiger partial charge is 0.352 e. The van der Waals surface area contributed by atoms with E-state index in [-0.39, 0.29) is 6.42 Å². The maximum absolute atomic E-state index is 13.0. The average molecular weight is 412 g/mol. The largest absolute Gasteiger partial charge is 0.416 e. The highest BCUT2D eigenvalue weighted by atomic mass is 35.5. The van der Waals surface area contributed by atoms with Crippen LogP contribution in [-0.2, 0) is 17.4 Å². The summed E-state index contributed by atoms with van der Waals surface area (Å²) >= 11 is 6.08. The van der Waals surface area contributed by atoms with E-state index in [0.717, 1.165) is 17.7 Å². The molecule has 0 saturated carbocycles. The summed E-state index contributed by atoms with van der Waals surface area (Å²) in [6.45, 7) is 1.69. The molecule has 0 fully saturated rings. The van der Waals surface area contributed by atoms with Crippen molar-refractivity contribution in [2.24, 2.45) is 5.73 Å². The summed E-state index contributed by atoms with van der Waals surface area (Å²) in [5, 5.41) is 2.83. The number of rotatable bonds is 3. The molecule has 0 radical (unpaired) electrons. The normalized spacial score (nSPS) is 17.8. The van der Waals surface area contributed by atoms with Crippen molar-refractivity contribution in [1.82, 2.24) is 5.32 Å². The van der Waals surface area contributed by atoms with Crippen LogP contribution in [0.1, 0.15) is 29.7 Å². The molecule has 0 aliphatic carbocycles. The fourth-order valence-corrected chi connectivity index (χ4v) is 3.48. The van der Waals surface area contributed by atoms with Crippen molar-refractivity contribution in [2.75, 3.05) is 4.90 Å². The van der Waals surface area contributed by atoms with Crippen LogP contribution in [0.3, 0.4) is 0 Å². The summed E-state index contributed by atoms with van der Waals surface area (Å²) in [6.07, 6.45) is -4.20. The Kier molecular flexibility index (Phi) is 5.25. The highest BCUT2D eigenvalue weighted by molar-refractivity contribution is 6.31. The van der Waals surface area contributed by atoms with Crippen LogP contribution in [0, 0.1) is 0 Å². The minimum absolute atomic E-state index is 0.241. The zero-order valence-electron chi connectivity index (χ0n) is 14.8. The topological polar surface area (TPSA) is 75.4 Å². The lowest BCUT2D eigenvalue weighted by atomic mass is 9.94. The number of nitrogens with one attached hydrogen (secondary N) is 1. The van der Waals surface area contributed by atoms with Gasteiger partial charge in [-0.1, -0.05) is 29.8 Å². The molecule has 0 aromatic heterocycles. The quantitative estimate of drug-likeness (QED) is 0.799. The van der Waals surface area contributed by atoms with E-state index in [1.807, 2.05) is 0 Å².